The molecular weight excluding hydrogens is 440 g/mol. The molecule has 192 valence electrons. The second-order valence-electron chi connectivity index (χ2n) is 10.3. The number of aromatic nitrogens is 1. The van der Waals surface area contributed by atoms with Crippen LogP contribution in [0.3, 0.4) is 0 Å². The van der Waals surface area contributed by atoms with Crippen molar-refractivity contribution in [3.8, 4) is 11.5 Å². The molecule has 3 heterocycles. The molecule has 7 nitrogen and oxygen atoms in total. The Bertz CT molecular complexity index is 974. The molecule has 2 aromatic rings. The van der Waals surface area contributed by atoms with Gasteiger partial charge in [0.2, 0.25) is 5.91 Å². The van der Waals surface area contributed by atoms with Gasteiger partial charge in [0.25, 0.3) is 5.91 Å². The number of likely N-dealkylation sites (N-methyl/N-ethyl adjacent to an activating group) is 1. The van der Waals surface area contributed by atoms with E-state index in [9.17, 15) is 9.59 Å². The monoisotopic (exact) mass is 482 g/mol. The van der Waals surface area contributed by atoms with Crippen molar-refractivity contribution in [3.05, 3.63) is 36.2 Å². The molecule has 1 saturated carbocycles. The molecule has 1 N–H and O–H groups in total. The molecule has 2 aromatic heterocycles. The van der Waals surface area contributed by atoms with Gasteiger partial charge in [0.05, 0.1) is 18.5 Å². The van der Waals surface area contributed by atoms with E-state index in [0.29, 0.717) is 24.5 Å². The first-order valence-corrected chi connectivity index (χ1v) is 13.6. The number of hydrogen-bond acceptors (Lipinski definition) is 4. The predicted molar refractivity (Wildman–Crippen MR) is 138 cm³/mol. The number of nitrogens with one attached hydrogen (secondary N) is 1. The number of unbranched alkanes of at least 4 members (excludes halogenated alkanes) is 1. The lowest BCUT2D eigenvalue weighted by Gasteiger charge is -2.45. The fraction of sp³-hybridized carbons (Fsp3) is 0.643. The Morgan fingerprint density at radius 3 is 2.51 bits per heavy atom. The fourth-order valence-electron chi connectivity index (χ4n) is 5.58. The zero-order valence-electron chi connectivity index (χ0n) is 21.7. The number of fused-ring (bicyclic) bond motifs is 1. The first kappa shape index (κ1) is 25.5. The Balaban J connectivity index is 1.62. The quantitative estimate of drug-likeness (QED) is 0.488. The highest BCUT2D eigenvalue weighted by Crippen LogP contribution is 2.33. The van der Waals surface area contributed by atoms with Crippen LogP contribution in [0.15, 0.2) is 34.9 Å². The molecule has 0 saturated heterocycles. The predicted octanol–water partition coefficient (Wildman–Crippen LogP) is 4.92. The summed E-state index contributed by atoms with van der Waals surface area (Å²) in [5, 5.41) is 3.35. The average Bonchev–Trinajstić information content (AvgIpc) is 3.45. The molecule has 1 aliphatic carbocycles. The van der Waals surface area contributed by atoms with E-state index in [1.165, 1.54) is 12.8 Å². The average molecular weight is 483 g/mol. The Labute approximate surface area is 209 Å². The van der Waals surface area contributed by atoms with Crippen LogP contribution in [0.5, 0.6) is 0 Å². The number of rotatable bonds is 10. The van der Waals surface area contributed by atoms with E-state index in [1.54, 1.807) is 6.26 Å². The SMILES string of the molecule is CCCCN(CC)CCN1C(=O)c2ccc(-c3ccco3)n2C[C@]1(C)C(=O)NC1CCCCCC1. The van der Waals surface area contributed by atoms with Gasteiger partial charge in [-0.05, 0) is 63.5 Å². The van der Waals surface area contributed by atoms with Crippen LogP contribution in [0, 0.1) is 0 Å². The zero-order valence-corrected chi connectivity index (χ0v) is 21.7. The summed E-state index contributed by atoms with van der Waals surface area (Å²) >= 11 is 0. The molecule has 4 rings (SSSR count). The van der Waals surface area contributed by atoms with Crippen LogP contribution in [0.4, 0.5) is 0 Å². The van der Waals surface area contributed by atoms with Crippen molar-refractivity contribution in [1.82, 2.24) is 19.7 Å². The highest BCUT2D eigenvalue weighted by atomic mass is 16.3. The van der Waals surface area contributed by atoms with Crippen molar-refractivity contribution in [2.45, 2.75) is 90.3 Å². The number of amides is 2. The van der Waals surface area contributed by atoms with Gasteiger partial charge >= 0.3 is 0 Å². The molecule has 1 atom stereocenters. The maximum atomic E-state index is 13.9. The van der Waals surface area contributed by atoms with Crippen molar-refractivity contribution in [2.24, 2.45) is 0 Å². The van der Waals surface area contributed by atoms with Gasteiger partial charge in [-0.25, -0.2) is 0 Å². The smallest absolute Gasteiger partial charge is 0.271 e. The number of hydrogen-bond donors (Lipinski definition) is 1. The van der Waals surface area contributed by atoms with E-state index >= 15 is 0 Å². The van der Waals surface area contributed by atoms with Crippen LogP contribution in [-0.4, -0.2) is 63.9 Å². The van der Waals surface area contributed by atoms with E-state index in [-0.39, 0.29) is 17.9 Å². The van der Waals surface area contributed by atoms with Crippen LogP contribution in [0.2, 0.25) is 0 Å². The largest absolute Gasteiger partial charge is 0.463 e. The van der Waals surface area contributed by atoms with Gasteiger partial charge in [-0.15, -0.1) is 0 Å². The lowest BCUT2D eigenvalue weighted by Crippen LogP contribution is -2.65. The van der Waals surface area contributed by atoms with Crippen molar-refractivity contribution in [2.75, 3.05) is 26.2 Å². The van der Waals surface area contributed by atoms with E-state index in [4.69, 9.17) is 4.42 Å². The third-order valence-corrected chi connectivity index (χ3v) is 7.87. The van der Waals surface area contributed by atoms with E-state index in [0.717, 1.165) is 63.9 Å². The van der Waals surface area contributed by atoms with Gasteiger partial charge in [0, 0.05) is 19.1 Å². The molecule has 0 spiro atoms. The van der Waals surface area contributed by atoms with E-state index < -0.39 is 5.54 Å². The highest BCUT2D eigenvalue weighted by Gasteiger charge is 2.48. The van der Waals surface area contributed by atoms with Crippen molar-refractivity contribution >= 4 is 11.8 Å². The molecule has 0 bridgehead atoms. The molecule has 0 unspecified atom stereocenters. The molecule has 0 aromatic carbocycles. The first-order valence-electron chi connectivity index (χ1n) is 13.6. The van der Waals surface area contributed by atoms with Crippen molar-refractivity contribution in [1.29, 1.82) is 0 Å². The van der Waals surface area contributed by atoms with Gasteiger partial charge in [0.15, 0.2) is 0 Å². The van der Waals surface area contributed by atoms with Gasteiger partial charge in [-0.1, -0.05) is 46.0 Å². The Morgan fingerprint density at radius 1 is 1.11 bits per heavy atom. The Hall–Kier alpha value is -2.54. The minimum Gasteiger partial charge on any atom is -0.463 e. The third-order valence-electron chi connectivity index (χ3n) is 7.87. The summed E-state index contributed by atoms with van der Waals surface area (Å²) in [4.78, 5) is 32.0. The summed E-state index contributed by atoms with van der Waals surface area (Å²) in [6.07, 6.45) is 10.7. The fourth-order valence-corrected chi connectivity index (χ4v) is 5.58. The maximum absolute atomic E-state index is 13.9. The molecule has 1 fully saturated rings. The summed E-state index contributed by atoms with van der Waals surface area (Å²) in [7, 11) is 0. The topological polar surface area (TPSA) is 70.7 Å². The molecule has 1 aliphatic heterocycles. The van der Waals surface area contributed by atoms with Gasteiger partial charge in [0.1, 0.15) is 17.0 Å². The lowest BCUT2D eigenvalue weighted by molar-refractivity contribution is -0.133. The standard InChI is InChI=1S/C28H42N4O3/c1-4-6-17-30(5-2)18-19-32-26(33)24-16-15-23(25-14-11-20-35-25)31(24)21-28(32,3)27(34)29-22-12-9-7-8-10-13-22/h11,14-16,20,22H,4-10,12-13,17-19,21H2,1-3H3,(H,29,34)/t28-/m1/s1. The Kier molecular flexibility index (Phi) is 8.37. The lowest BCUT2D eigenvalue weighted by atomic mass is 9.93. The first-order chi connectivity index (χ1) is 17.0. The number of nitrogens with zero attached hydrogens (tertiary/aromatic N) is 3. The second-order valence-corrected chi connectivity index (χ2v) is 10.3. The molecule has 7 heteroatoms. The molecular formula is C28H42N4O3. The van der Waals surface area contributed by atoms with Crippen LogP contribution in [0.25, 0.3) is 11.5 Å². The van der Waals surface area contributed by atoms with Crippen molar-refractivity contribution in [3.63, 3.8) is 0 Å². The number of carbonyl (C=O) groups is 2. The van der Waals surface area contributed by atoms with Crippen LogP contribution >= 0.6 is 0 Å². The minimum atomic E-state index is -0.971. The number of carbonyl (C=O) groups excluding carboxylic acids is 2. The van der Waals surface area contributed by atoms with Gasteiger partial charge in [-0.2, -0.15) is 0 Å². The molecule has 2 aliphatic rings. The van der Waals surface area contributed by atoms with Gasteiger partial charge < -0.3 is 24.1 Å². The summed E-state index contributed by atoms with van der Waals surface area (Å²) < 4.78 is 7.62. The second kappa shape index (κ2) is 11.5. The zero-order chi connectivity index (χ0) is 24.8. The van der Waals surface area contributed by atoms with E-state index in [2.05, 4.69) is 24.1 Å². The normalized spacial score (nSPS) is 21.3. The number of furan rings is 1. The molecule has 35 heavy (non-hydrogen) atoms. The summed E-state index contributed by atoms with van der Waals surface area (Å²) in [6.45, 7) is 9.95. The van der Waals surface area contributed by atoms with Gasteiger partial charge in [-0.3, -0.25) is 9.59 Å². The van der Waals surface area contributed by atoms with Crippen LogP contribution in [-0.2, 0) is 11.3 Å². The highest BCUT2D eigenvalue weighted by molar-refractivity contribution is 6.00. The third kappa shape index (κ3) is 5.50. The Morgan fingerprint density at radius 2 is 1.86 bits per heavy atom. The van der Waals surface area contributed by atoms with E-state index in [1.807, 2.05) is 40.7 Å². The maximum Gasteiger partial charge on any atom is 0.271 e. The summed E-state index contributed by atoms with van der Waals surface area (Å²) in [5.41, 5.74) is 0.485. The van der Waals surface area contributed by atoms with Crippen LogP contribution in [0.1, 0.15) is 82.6 Å². The molecule has 0 radical (unpaired) electrons. The minimum absolute atomic E-state index is 0.0425. The summed E-state index contributed by atoms with van der Waals surface area (Å²) in [6, 6.07) is 7.73. The van der Waals surface area contributed by atoms with Crippen molar-refractivity contribution < 1.29 is 14.0 Å². The van der Waals surface area contributed by atoms with Crippen LogP contribution < -0.4 is 5.32 Å². The summed E-state index contributed by atoms with van der Waals surface area (Å²) in [5.74, 6) is 0.582. The molecule has 2 amide bonds.